The van der Waals surface area contributed by atoms with Gasteiger partial charge in [0, 0.05) is 5.39 Å². The Labute approximate surface area is 105 Å². The van der Waals surface area contributed by atoms with Crippen molar-refractivity contribution in [3.05, 3.63) is 39.8 Å². The molecule has 2 aromatic rings. The van der Waals surface area contributed by atoms with Gasteiger partial charge in [-0.15, -0.1) is 0 Å². The Balaban J connectivity index is 2.53. The number of hydrogen-bond donors (Lipinski definition) is 1. The number of aromatic nitrogens is 1. The number of halogens is 1. The number of carboxylic acid groups (broad SMARTS) is 1. The Hall–Kier alpha value is -1.82. The van der Waals surface area contributed by atoms with E-state index in [2.05, 4.69) is 0 Å². The minimum Gasteiger partial charge on any atom is -0.477 e. The molecule has 0 aliphatic carbocycles. The van der Waals surface area contributed by atoms with Crippen LogP contribution in [0.3, 0.4) is 0 Å². The van der Waals surface area contributed by atoms with Gasteiger partial charge in [-0.3, -0.25) is 4.79 Å². The van der Waals surface area contributed by atoms with Crippen LogP contribution in [-0.2, 0) is 0 Å². The molecule has 0 saturated heterocycles. The number of nitrogens with zero attached hydrogens (tertiary/aromatic N) is 1. The first kappa shape index (κ1) is 11.3. The number of pyridine rings is 1. The van der Waals surface area contributed by atoms with E-state index in [1.807, 2.05) is 6.92 Å². The molecular formula is C12H8FNO3S. The molecule has 0 amide bonds. The van der Waals surface area contributed by atoms with Crippen molar-refractivity contribution >= 4 is 28.6 Å². The van der Waals surface area contributed by atoms with E-state index >= 15 is 0 Å². The summed E-state index contributed by atoms with van der Waals surface area (Å²) in [5.74, 6) is -1.81. The molecule has 1 aromatic carbocycles. The van der Waals surface area contributed by atoms with Gasteiger partial charge in [0.1, 0.15) is 11.4 Å². The van der Waals surface area contributed by atoms with Crippen LogP contribution < -0.4 is 5.43 Å². The lowest BCUT2D eigenvalue weighted by atomic mass is 10.1. The Morgan fingerprint density at radius 1 is 1.50 bits per heavy atom. The third-order valence-corrected chi connectivity index (χ3v) is 4.16. The zero-order valence-corrected chi connectivity index (χ0v) is 10.1. The van der Waals surface area contributed by atoms with E-state index in [0.29, 0.717) is 10.5 Å². The topological polar surface area (TPSA) is 59.3 Å². The Morgan fingerprint density at radius 2 is 2.22 bits per heavy atom. The van der Waals surface area contributed by atoms with E-state index in [9.17, 15) is 14.0 Å². The molecule has 0 spiro atoms. The number of aromatic carboxylic acids is 1. The number of rotatable bonds is 1. The third kappa shape index (κ3) is 1.32. The molecule has 1 aliphatic heterocycles. The second-order valence-electron chi connectivity index (χ2n) is 4.06. The number of carboxylic acids is 1. The summed E-state index contributed by atoms with van der Waals surface area (Å²) in [6.07, 6.45) is 0. The van der Waals surface area contributed by atoms with Gasteiger partial charge in [0.25, 0.3) is 0 Å². The van der Waals surface area contributed by atoms with Gasteiger partial charge in [0.2, 0.25) is 5.43 Å². The van der Waals surface area contributed by atoms with E-state index in [1.54, 1.807) is 4.57 Å². The van der Waals surface area contributed by atoms with Crippen LogP contribution in [0, 0.1) is 5.82 Å². The molecule has 0 radical (unpaired) electrons. The maximum Gasteiger partial charge on any atom is 0.342 e. The molecule has 6 heteroatoms. The Morgan fingerprint density at radius 3 is 2.83 bits per heavy atom. The average molecular weight is 265 g/mol. The molecule has 0 fully saturated rings. The maximum absolute atomic E-state index is 13.2. The van der Waals surface area contributed by atoms with Crippen LogP contribution in [0.1, 0.15) is 22.7 Å². The highest BCUT2D eigenvalue weighted by Gasteiger charge is 2.32. The van der Waals surface area contributed by atoms with Crippen LogP contribution in [0.4, 0.5) is 4.39 Å². The average Bonchev–Trinajstić information content (AvgIpc) is 2.29. The van der Waals surface area contributed by atoms with E-state index in [-0.39, 0.29) is 16.3 Å². The van der Waals surface area contributed by atoms with Gasteiger partial charge in [-0.25, -0.2) is 9.18 Å². The van der Waals surface area contributed by atoms with Crippen molar-refractivity contribution in [2.24, 2.45) is 0 Å². The lowest BCUT2D eigenvalue weighted by Crippen LogP contribution is -2.28. The molecule has 1 aliphatic rings. The molecule has 1 aromatic heterocycles. The summed E-state index contributed by atoms with van der Waals surface area (Å²) in [7, 11) is 0. The summed E-state index contributed by atoms with van der Waals surface area (Å²) in [6.45, 7) is 1.90. The minimum atomic E-state index is -1.27. The SMILES string of the molecule is CC1Sc2c(C(=O)O)c(=O)c3cc(F)ccc3n21. The molecule has 18 heavy (non-hydrogen) atoms. The first-order chi connectivity index (χ1) is 8.50. The summed E-state index contributed by atoms with van der Waals surface area (Å²) < 4.78 is 15.0. The van der Waals surface area contributed by atoms with Crippen LogP contribution >= 0.6 is 11.8 Å². The maximum atomic E-state index is 13.2. The van der Waals surface area contributed by atoms with Crippen molar-refractivity contribution in [2.45, 2.75) is 17.3 Å². The van der Waals surface area contributed by atoms with Crippen molar-refractivity contribution in [3.8, 4) is 0 Å². The third-order valence-electron chi connectivity index (χ3n) is 2.98. The molecule has 1 unspecified atom stereocenters. The molecule has 0 bridgehead atoms. The smallest absolute Gasteiger partial charge is 0.342 e. The fourth-order valence-corrected chi connectivity index (χ4v) is 3.35. The van der Waals surface area contributed by atoms with Gasteiger partial charge >= 0.3 is 5.97 Å². The molecule has 3 rings (SSSR count). The van der Waals surface area contributed by atoms with Crippen LogP contribution in [-0.4, -0.2) is 15.6 Å². The normalized spacial score (nSPS) is 17.3. The zero-order chi connectivity index (χ0) is 13.0. The van der Waals surface area contributed by atoms with E-state index in [4.69, 9.17) is 5.11 Å². The molecule has 0 saturated carbocycles. The number of hydrogen-bond acceptors (Lipinski definition) is 3. The van der Waals surface area contributed by atoms with E-state index < -0.39 is 17.2 Å². The summed E-state index contributed by atoms with van der Waals surface area (Å²) in [5.41, 5.74) is -0.313. The fraction of sp³-hybridized carbons (Fsp3) is 0.167. The van der Waals surface area contributed by atoms with Crippen LogP contribution in [0.25, 0.3) is 10.9 Å². The number of thioether (sulfide) groups is 1. The predicted molar refractivity (Wildman–Crippen MR) is 65.7 cm³/mol. The molecule has 92 valence electrons. The Bertz CT molecular complexity index is 753. The molecule has 1 atom stereocenters. The second-order valence-corrected chi connectivity index (χ2v) is 5.37. The van der Waals surface area contributed by atoms with Crippen LogP contribution in [0.2, 0.25) is 0 Å². The van der Waals surface area contributed by atoms with Crippen LogP contribution in [0.15, 0.2) is 28.0 Å². The van der Waals surface area contributed by atoms with Crippen molar-refractivity contribution in [1.82, 2.24) is 4.57 Å². The number of carbonyl (C=O) groups is 1. The lowest BCUT2D eigenvalue weighted by Gasteiger charge is -2.32. The van der Waals surface area contributed by atoms with Gasteiger partial charge in [0.05, 0.1) is 15.9 Å². The fourth-order valence-electron chi connectivity index (χ4n) is 2.19. The molecule has 1 N–H and O–H groups in total. The van der Waals surface area contributed by atoms with Crippen molar-refractivity contribution in [2.75, 3.05) is 0 Å². The highest BCUT2D eigenvalue weighted by atomic mass is 32.2. The van der Waals surface area contributed by atoms with Crippen LogP contribution in [0.5, 0.6) is 0 Å². The molecular weight excluding hydrogens is 257 g/mol. The summed E-state index contributed by atoms with van der Waals surface area (Å²) >= 11 is 1.33. The minimum absolute atomic E-state index is 0.0478. The summed E-state index contributed by atoms with van der Waals surface area (Å²) in [6, 6.07) is 3.87. The van der Waals surface area contributed by atoms with E-state index in [1.165, 1.54) is 23.9 Å². The van der Waals surface area contributed by atoms with Gasteiger partial charge in [0.15, 0.2) is 0 Å². The van der Waals surface area contributed by atoms with Gasteiger partial charge < -0.3 is 9.67 Å². The summed E-state index contributed by atoms with van der Waals surface area (Å²) in [4.78, 5) is 23.2. The first-order valence-electron chi connectivity index (χ1n) is 5.28. The largest absolute Gasteiger partial charge is 0.477 e. The van der Waals surface area contributed by atoms with Gasteiger partial charge in [-0.1, -0.05) is 11.8 Å². The molecule has 2 heterocycles. The first-order valence-corrected chi connectivity index (χ1v) is 6.16. The van der Waals surface area contributed by atoms with E-state index in [0.717, 1.165) is 6.07 Å². The van der Waals surface area contributed by atoms with Crippen molar-refractivity contribution in [3.63, 3.8) is 0 Å². The number of benzene rings is 1. The number of fused-ring (bicyclic) bond motifs is 3. The monoisotopic (exact) mass is 265 g/mol. The summed E-state index contributed by atoms with van der Waals surface area (Å²) in [5, 5.41) is 9.71. The second kappa shape index (κ2) is 3.58. The van der Waals surface area contributed by atoms with Crippen molar-refractivity contribution < 1.29 is 14.3 Å². The van der Waals surface area contributed by atoms with Gasteiger partial charge in [-0.05, 0) is 25.1 Å². The predicted octanol–water partition coefficient (Wildman–Crippen LogP) is 2.46. The standard InChI is InChI=1S/C12H8FNO3S/c1-5-14-8-3-2-6(13)4-7(8)10(15)9(12(16)17)11(14)18-5/h2-5H,1H3,(H,16,17). The van der Waals surface area contributed by atoms with Crippen molar-refractivity contribution in [1.29, 1.82) is 0 Å². The zero-order valence-electron chi connectivity index (χ0n) is 9.31. The lowest BCUT2D eigenvalue weighted by molar-refractivity contribution is 0.0689. The highest BCUT2D eigenvalue weighted by molar-refractivity contribution is 8.00. The van der Waals surface area contributed by atoms with Gasteiger partial charge in [-0.2, -0.15) is 0 Å². The Kier molecular flexibility index (Phi) is 2.25. The highest BCUT2D eigenvalue weighted by Crippen LogP contribution is 2.45. The molecule has 4 nitrogen and oxygen atoms in total. The quantitative estimate of drug-likeness (QED) is 0.860.